The van der Waals surface area contributed by atoms with Crippen LogP contribution in [0.25, 0.3) is 17.2 Å². The number of nitrogens with zero attached hydrogens (tertiary/aromatic N) is 6. The van der Waals surface area contributed by atoms with E-state index in [9.17, 15) is 0 Å². The van der Waals surface area contributed by atoms with Gasteiger partial charge in [0.1, 0.15) is 5.69 Å². The highest BCUT2D eigenvalue weighted by molar-refractivity contribution is 6.32. The van der Waals surface area contributed by atoms with Crippen molar-refractivity contribution in [2.24, 2.45) is 7.05 Å². The summed E-state index contributed by atoms with van der Waals surface area (Å²) in [7, 11) is 1.86. The fourth-order valence-electron chi connectivity index (χ4n) is 1.88. The second-order valence-corrected chi connectivity index (χ2v) is 4.49. The number of halogens is 1. The lowest BCUT2D eigenvalue weighted by Gasteiger charge is -2.05. The van der Waals surface area contributed by atoms with Crippen LogP contribution in [0.1, 0.15) is 11.4 Å². The molecule has 0 aliphatic carbocycles. The first kappa shape index (κ1) is 11.2. The van der Waals surface area contributed by atoms with Crippen LogP contribution in [-0.2, 0) is 7.05 Å². The van der Waals surface area contributed by atoms with Gasteiger partial charge in [0.15, 0.2) is 16.6 Å². The highest BCUT2D eigenvalue weighted by Gasteiger charge is 2.16. The second kappa shape index (κ2) is 3.78. The van der Waals surface area contributed by atoms with Crippen LogP contribution in [0.3, 0.4) is 0 Å². The molecule has 0 amide bonds. The average Bonchev–Trinajstić information content (AvgIpc) is 2.91. The standard InChI is InChI=1S/C11H11ClN6/c1-6-7(2)18-10(8-4-5-17(3)16-8)14-15-11(18)9(12)13-6/h4-5H,1-3H3. The van der Waals surface area contributed by atoms with Crippen LogP contribution in [0.15, 0.2) is 12.3 Å². The monoisotopic (exact) mass is 262 g/mol. The molecule has 3 aromatic rings. The summed E-state index contributed by atoms with van der Waals surface area (Å²) in [6.45, 7) is 3.87. The average molecular weight is 263 g/mol. The van der Waals surface area contributed by atoms with Gasteiger partial charge in [-0.15, -0.1) is 10.2 Å². The molecule has 0 unspecified atom stereocenters. The minimum absolute atomic E-state index is 0.354. The molecule has 0 aliphatic heterocycles. The van der Waals surface area contributed by atoms with Crippen LogP contribution >= 0.6 is 11.6 Å². The van der Waals surface area contributed by atoms with E-state index in [1.807, 2.05) is 37.6 Å². The van der Waals surface area contributed by atoms with Crippen molar-refractivity contribution in [1.29, 1.82) is 0 Å². The Morgan fingerprint density at radius 1 is 1.22 bits per heavy atom. The van der Waals surface area contributed by atoms with Gasteiger partial charge in [-0.1, -0.05) is 11.6 Å². The fourth-order valence-corrected chi connectivity index (χ4v) is 2.12. The summed E-state index contributed by atoms with van der Waals surface area (Å²) < 4.78 is 3.61. The molecule has 0 radical (unpaired) electrons. The number of aryl methyl sites for hydroxylation is 3. The van der Waals surface area contributed by atoms with Crippen molar-refractivity contribution in [3.05, 3.63) is 28.8 Å². The maximum absolute atomic E-state index is 6.08. The summed E-state index contributed by atoms with van der Waals surface area (Å²) in [6, 6.07) is 1.89. The van der Waals surface area contributed by atoms with E-state index in [1.165, 1.54) is 0 Å². The Hall–Kier alpha value is -1.95. The Labute approximate surface area is 108 Å². The molecule has 0 N–H and O–H groups in total. The smallest absolute Gasteiger partial charge is 0.199 e. The van der Waals surface area contributed by atoms with Gasteiger partial charge in [0.25, 0.3) is 0 Å². The van der Waals surface area contributed by atoms with E-state index >= 15 is 0 Å². The third-order valence-electron chi connectivity index (χ3n) is 2.92. The fraction of sp³-hybridized carbons (Fsp3) is 0.273. The molecule has 0 saturated heterocycles. The second-order valence-electron chi connectivity index (χ2n) is 4.13. The maximum atomic E-state index is 6.08. The Morgan fingerprint density at radius 3 is 2.67 bits per heavy atom. The van der Waals surface area contributed by atoms with E-state index in [2.05, 4.69) is 20.3 Å². The van der Waals surface area contributed by atoms with Crippen molar-refractivity contribution in [2.45, 2.75) is 13.8 Å². The molecule has 92 valence electrons. The lowest BCUT2D eigenvalue weighted by Crippen LogP contribution is -2.01. The lowest BCUT2D eigenvalue weighted by molar-refractivity contribution is 0.767. The quantitative estimate of drug-likeness (QED) is 0.671. The van der Waals surface area contributed by atoms with E-state index in [-0.39, 0.29) is 0 Å². The molecule has 0 atom stereocenters. The Balaban J connectivity index is 2.38. The molecule has 0 aliphatic rings. The minimum Gasteiger partial charge on any atom is -0.275 e. The molecule has 6 nitrogen and oxygen atoms in total. The third kappa shape index (κ3) is 1.49. The predicted molar refractivity (Wildman–Crippen MR) is 67.5 cm³/mol. The normalized spacial score (nSPS) is 11.3. The summed E-state index contributed by atoms with van der Waals surface area (Å²) in [6.07, 6.45) is 1.86. The molecule has 0 bridgehead atoms. The van der Waals surface area contributed by atoms with Crippen molar-refractivity contribution in [2.75, 3.05) is 0 Å². The van der Waals surface area contributed by atoms with E-state index in [1.54, 1.807) is 4.68 Å². The highest BCUT2D eigenvalue weighted by atomic mass is 35.5. The van der Waals surface area contributed by atoms with Crippen LogP contribution in [0, 0.1) is 13.8 Å². The van der Waals surface area contributed by atoms with E-state index < -0.39 is 0 Å². The van der Waals surface area contributed by atoms with Crippen LogP contribution in [0.5, 0.6) is 0 Å². The van der Waals surface area contributed by atoms with E-state index in [0.717, 1.165) is 17.1 Å². The van der Waals surface area contributed by atoms with Crippen molar-refractivity contribution < 1.29 is 0 Å². The Kier molecular flexibility index (Phi) is 2.34. The molecular weight excluding hydrogens is 252 g/mol. The van der Waals surface area contributed by atoms with Crippen molar-refractivity contribution in [3.63, 3.8) is 0 Å². The molecule has 0 saturated carbocycles. The van der Waals surface area contributed by atoms with Gasteiger partial charge in [0.05, 0.1) is 5.69 Å². The van der Waals surface area contributed by atoms with E-state index in [4.69, 9.17) is 11.6 Å². The highest BCUT2D eigenvalue weighted by Crippen LogP contribution is 2.23. The first-order valence-electron chi connectivity index (χ1n) is 5.46. The summed E-state index contributed by atoms with van der Waals surface area (Å²) >= 11 is 6.08. The van der Waals surface area contributed by atoms with Gasteiger partial charge in [-0.25, -0.2) is 4.98 Å². The number of aromatic nitrogens is 6. The molecule has 0 spiro atoms. The van der Waals surface area contributed by atoms with Gasteiger partial charge in [-0.3, -0.25) is 9.08 Å². The molecule has 7 heteroatoms. The number of rotatable bonds is 1. The van der Waals surface area contributed by atoms with Crippen molar-refractivity contribution in [1.82, 2.24) is 29.4 Å². The number of hydrogen-bond acceptors (Lipinski definition) is 4. The van der Waals surface area contributed by atoms with E-state index in [0.29, 0.717) is 16.6 Å². The van der Waals surface area contributed by atoms with Gasteiger partial charge in [0.2, 0.25) is 0 Å². The van der Waals surface area contributed by atoms with Crippen LogP contribution in [0.4, 0.5) is 0 Å². The van der Waals surface area contributed by atoms with Crippen LogP contribution < -0.4 is 0 Å². The molecule has 3 rings (SSSR count). The van der Waals surface area contributed by atoms with Crippen LogP contribution in [0.2, 0.25) is 5.15 Å². The number of hydrogen-bond donors (Lipinski definition) is 0. The molecule has 3 heterocycles. The number of fused-ring (bicyclic) bond motifs is 1. The van der Waals surface area contributed by atoms with Crippen molar-refractivity contribution >= 4 is 17.2 Å². The predicted octanol–water partition coefficient (Wildman–Crippen LogP) is 1.80. The molecular formula is C11H11ClN6. The molecule has 18 heavy (non-hydrogen) atoms. The van der Waals surface area contributed by atoms with Gasteiger partial charge >= 0.3 is 0 Å². The van der Waals surface area contributed by atoms with Gasteiger partial charge in [0, 0.05) is 18.9 Å². The zero-order valence-electron chi connectivity index (χ0n) is 10.2. The first-order chi connectivity index (χ1) is 8.58. The minimum atomic E-state index is 0.354. The Morgan fingerprint density at radius 2 is 2.00 bits per heavy atom. The van der Waals surface area contributed by atoms with Crippen LogP contribution in [-0.4, -0.2) is 29.4 Å². The SMILES string of the molecule is Cc1nc(Cl)c2nnc(-c3ccn(C)n3)n2c1C. The van der Waals surface area contributed by atoms with Gasteiger partial charge < -0.3 is 0 Å². The first-order valence-corrected chi connectivity index (χ1v) is 5.83. The largest absolute Gasteiger partial charge is 0.275 e. The summed E-state index contributed by atoms with van der Waals surface area (Å²) in [5.74, 6) is 0.676. The van der Waals surface area contributed by atoms with Crippen molar-refractivity contribution in [3.8, 4) is 11.5 Å². The zero-order chi connectivity index (χ0) is 12.9. The lowest BCUT2D eigenvalue weighted by atomic mass is 10.3. The maximum Gasteiger partial charge on any atom is 0.199 e. The summed E-state index contributed by atoms with van der Waals surface area (Å²) in [5.41, 5.74) is 3.12. The molecule has 3 aromatic heterocycles. The van der Waals surface area contributed by atoms with Gasteiger partial charge in [-0.2, -0.15) is 5.10 Å². The summed E-state index contributed by atoms with van der Waals surface area (Å²) in [5, 5.41) is 12.9. The topological polar surface area (TPSA) is 60.9 Å². The Bertz CT molecular complexity index is 741. The third-order valence-corrected chi connectivity index (χ3v) is 3.17. The summed E-state index contributed by atoms with van der Waals surface area (Å²) in [4.78, 5) is 4.23. The van der Waals surface area contributed by atoms with Gasteiger partial charge in [-0.05, 0) is 19.9 Å². The molecule has 0 aromatic carbocycles. The molecule has 0 fully saturated rings. The zero-order valence-corrected chi connectivity index (χ0v) is 11.0.